The Morgan fingerprint density at radius 1 is 1.09 bits per heavy atom. The first-order chi connectivity index (χ1) is 20.9. The number of aromatic nitrogens is 2. The molecular formula is C34H42FN7O. The van der Waals surface area contributed by atoms with Gasteiger partial charge in [0.15, 0.2) is 0 Å². The Balaban J connectivity index is 1.21. The normalized spacial score (nSPS) is 23.3. The first-order valence-electron chi connectivity index (χ1n) is 16.0. The Bertz CT molecular complexity index is 1540. The third-order valence-electron chi connectivity index (χ3n) is 9.90. The van der Waals surface area contributed by atoms with E-state index in [0.717, 1.165) is 66.1 Å². The maximum Gasteiger partial charge on any atom is 0.318 e. The van der Waals surface area contributed by atoms with Crippen LogP contribution in [0, 0.1) is 29.5 Å². The quantitative estimate of drug-likeness (QED) is 0.398. The van der Waals surface area contributed by atoms with Crippen LogP contribution >= 0.6 is 0 Å². The van der Waals surface area contributed by atoms with Crippen molar-refractivity contribution in [1.29, 1.82) is 5.26 Å². The second kappa shape index (κ2) is 11.5. The second-order valence-electron chi connectivity index (χ2n) is 13.3. The number of nitrogens with one attached hydrogen (secondary N) is 1. The highest BCUT2D eigenvalue weighted by Gasteiger charge is 2.45. The Hall–Kier alpha value is -3.48. The van der Waals surface area contributed by atoms with Crippen LogP contribution in [0.4, 0.5) is 15.9 Å². The lowest BCUT2D eigenvalue weighted by molar-refractivity contribution is 0.169. The number of nitrogens with zero attached hydrogens (tertiary/aromatic N) is 6. The lowest BCUT2D eigenvalue weighted by Gasteiger charge is -2.40. The van der Waals surface area contributed by atoms with Crippen LogP contribution in [-0.4, -0.2) is 72.8 Å². The highest BCUT2D eigenvalue weighted by Crippen LogP contribution is 2.47. The van der Waals surface area contributed by atoms with Gasteiger partial charge in [-0.2, -0.15) is 15.2 Å². The van der Waals surface area contributed by atoms with Crippen LogP contribution in [0.5, 0.6) is 6.01 Å². The maximum absolute atomic E-state index is 14.7. The molecular weight excluding hydrogens is 541 g/mol. The summed E-state index contributed by atoms with van der Waals surface area (Å²) in [4.78, 5) is 17.4. The number of likely N-dealkylation sites (tertiary alicyclic amines) is 1. The van der Waals surface area contributed by atoms with Crippen molar-refractivity contribution in [2.45, 2.75) is 71.0 Å². The number of aryl methyl sites for hydroxylation is 1. The van der Waals surface area contributed by atoms with Gasteiger partial charge in [-0.3, -0.25) is 0 Å². The first kappa shape index (κ1) is 28.3. The van der Waals surface area contributed by atoms with Crippen LogP contribution in [0.3, 0.4) is 0 Å². The van der Waals surface area contributed by atoms with Gasteiger partial charge in [-0.05, 0) is 82.1 Å². The van der Waals surface area contributed by atoms with Crippen LogP contribution in [-0.2, 0) is 13.0 Å². The van der Waals surface area contributed by atoms with Crippen molar-refractivity contribution in [3.05, 3.63) is 53.0 Å². The van der Waals surface area contributed by atoms with Crippen LogP contribution in [0.15, 0.2) is 30.3 Å². The molecule has 4 heterocycles. The zero-order valence-corrected chi connectivity index (χ0v) is 25.4. The molecule has 7 rings (SSSR count). The third-order valence-corrected chi connectivity index (χ3v) is 9.90. The van der Waals surface area contributed by atoms with Crippen LogP contribution < -0.4 is 19.9 Å². The Morgan fingerprint density at radius 3 is 2.72 bits per heavy atom. The van der Waals surface area contributed by atoms with Crippen LogP contribution in [0.2, 0.25) is 0 Å². The van der Waals surface area contributed by atoms with Gasteiger partial charge >= 0.3 is 6.01 Å². The lowest BCUT2D eigenvalue weighted by atomic mass is 9.99. The van der Waals surface area contributed by atoms with Crippen molar-refractivity contribution in [3.63, 3.8) is 0 Å². The smallest absolute Gasteiger partial charge is 0.318 e. The number of benzene rings is 2. The van der Waals surface area contributed by atoms with Gasteiger partial charge in [0.05, 0.1) is 31.3 Å². The fraction of sp³-hybridized carbons (Fsp3) is 0.559. The number of fused-ring (bicyclic) bond motifs is 2. The molecule has 2 atom stereocenters. The molecule has 3 aliphatic heterocycles. The van der Waals surface area contributed by atoms with Gasteiger partial charge in [-0.15, -0.1) is 0 Å². The molecule has 1 aromatic heterocycles. The molecule has 3 fully saturated rings. The molecule has 226 valence electrons. The summed E-state index contributed by atoms with van der Waals surface area (Å²) in [6, 6.07) is 12.7. The molecule has 8 nitrogen and oxygen atoms in total. The Kier molecular flexibility index (Phi) is 7.60. The largest absolute Gasteiger partial charge is 0.463 e. The summed E-state index contributed by atoms with van der Waals surface area (Å²) in [5, 5.41) is 15.0. The van der Waals surface area contributed by atoms with Gasteiger partial charge in [0.2, 0.25) is 0 Å². The Labute approximate surface area is 253 Å². The van der Waals surface area contributed by atoms with Crippen LogP contribution in [0.1, 0.15) is 55.8 Å². The molecule has 43 heavy (non-hydrogen) atoms. The first-order valence-corrected chi connectivity index (χ1v) is 16.0. The standard InChI is InChI=1S/C34H42FN7O/c1-23-18-42(19-26(37-23)10-14-36)32-27-11-17-41(30-7-5-6-25-8-9-28(35)24(2)31(25)30)20-29(27)38-33(39-32)43-22-34(12-13-34)21-40-15-3-4-16-40/h5-9,23,26,37H,3-4,10-13,15-22H2,1-2H3/t23-,26+/m1/s1. The van der Waals surface area contributed by atoms with E-state index in [-0.39, 0.29) is 23.3 Å². The van der Waals surface area contributed by atoms with E-state index in [2.05, 4.69) is 51.2 Å². The number of rotatable bonds is 8. The van der Waals surface area contributed by atoms with Crippen LogP contribution in [0.25, 0.3) is 10.8 Å². The van der Waals surface area contributed by atoms with E-state index in [4.69, 9.17) is 14.7 Å². The molecule has 3 aromatic rings. The minimum atomic E-state index is -0.180. The topological polar surface area (TPSA) is 80.6 Å². The van der Waals surface area contributed by atoms with E-state index in [1.165, 1.54) is 38.8 Å². The third kappa shape index (κ3) is 5.75. The van der Waals surface area contributed by atoms with E-state index in [1.807, 2.05) is 13.0 Å². The fourth-order valence-electron chi connectivity index (χ4n) is 7.44. The molecule has 0 radical (unpaired) electrons. The zero-order chi connectivity index (χ0) is 29.6. The van der Waals surface area contributed by atoms with E-state index in [1.54, 1.807) is 6.07 Å². The molecule has 0 amide bonds. The lowest BCUT2D eigenvalue weighted by Crippen LogP contribution is -2.56. The molecule has 1 N–H and O–H groups in total. The zero-order valence-electron chi connectivity index (χ0n) is 25.4. The summed E-state index contributed by atoms with van der Waals surface area (Å²) >= 11 is 0. The molecule has 0 bridgehead atoms. The van der Waals surface area contributed by atoms with Gasteiger partial charge in [0, 0.05) is 60.3 Å². The van der Waals surface area contributed by atoms with Crippen molar-refractivity contribution in [2.24, 2.45) is 5.41 Å². The predicted octanol–water partition coefficient (Wildman–Crippen LogP) is 4.98. The number of halogens is 1. The van der Waals surface area contributed by atoms with E-state index in [9.17, 15) is 9.65 Å². The number of nitriles is 1. The average molecular weight is 584 g/mol. The summed E-state index contributed by atoms with van der Waals surface area (Å²) < 4.78 is 21.2. The molecule has 9 heteroatoms. The summed E-state index contributed by atoms with van der Waals surface area (Å²) in [6.45, 7) is 11.1. The summed E-state index contributed by atoms with van der Waals surface area (Å²) in [5.74, 6) is 0.765. The summed E-state index contributed by atoms with van der Waals surface area (Å²) in [7, 11) is 0. The fourth-order valence-corrected chi connectivity index (χ4v) is 7.44. The SMILES string of the molecule is Cc1c(F)ccc2cccc(N3CCc4c(nc(OCC5(CN6CCCC6)CC5)nc4N4C[C@H](CC#N)N[C@H](C)C4)C3)c12. The van der Waals surface area contributed by atoms with Gasteiger partial charge in [-0.1, -0.05) is 18.2 Å². The highest BCUT2D eigenvalue weighted by atomic mass is 19.1. The number of ether oxygens (including phenoxy) is 1. The number of hydrogen-bond donors (Lipinski definition) is 1. The molecule has 0 unspecified atom stereocenters. The molecule has 2 aromatic carbocycles. The highest BCUT2D eigenvalue weighted by molar-refractivity contribution is 5.97. The molecule has 1 saturated carbocycles. The Morgan fingerprint density at radius 2 is 1.93 bits per heavy atom. The molecule has 0 spiro atoms. The average Bonchev–Trinajstić information content (AvgIpc) is 3.58. The summed E-state index contributed by atoms with van der Waals surface area (Å²) in [5.41, 5.74) is 4.06. The summed E-state index contributed by atoms with van der Waals surface area (Å²) in [6.07, 6.45) is 6.22. The molecule has 4 aliphatic rings. The molecule has 1 aliphatic carbocycles. The van der Waals surface area contributed by atoms with Crippen molar-refractivity contribution >= 4 is 22.3 Å². The number of hydrogen-bond acceptors (Lipinski definition) is 8. The molecule has 2 saturated heterocycles. The number of anilines is 2. The van der Waals surface area contributed by atoms with Crippen molar-refractivity contribution in [2.75, 3.05) is 55.7 Å². The van der Waals surface area contributed by atoms with Crippen molar-refractivity contribution < 1.29 is 9.13 Å². The van der Waals surface area contributed by atoms with Crippen molar-refractivity contribution in [1.82, 2.24) is 20.2 Å². The van der Waals surface area contributed by atoms with Gasteiger partial charge < -0.3 is 24.8 Å². The van der Waals surface area contributed by atoms with E-state index < -0.39 is 0 Å². The van der Waals surface area contributed by atoms with E-state index >= 15 is 0 Å². The maximum atomic E-state index is 14.7. The minimum absolute atomic E-state index is 0.0903. The number of piperazine rings is 1. The monoisotopic (exact) mass is 583 g/mol. The van der Waals surface area contributed by atoms with Gasteiger partial charge in [0.25, 0.3) is 0 Å². The van der Waals surface area contributed by atoms with Crippen molar-refractivity contribution in [3.8, 4) is 12.1 Å². The van der Waals surface area contributed by atoms with Gasteiger partial charge in [-0.25, -0.2) is 4.39 Å². The van der Waals surface area contributed by atoms with E-state index in [0.29, 0.717) is 31.1 Å². The minimum Gasteiger partial charge on any atom is -0.463 e. The second-order valence-corrected chi connectivity index (χ2v) is 13.3. The predicted molar refractivity (Wildman–Crippen MR) is 167 cm³/mol. The van der Waals surface area contributed by atoms with Gasteiger partial charge in [0.1, 0.15) is 11.6 Å².